The SMILES string of the molecule is CNCc1cccc(F)c1N1CCSCC1S(C)(=O)=O. The highest BCUT2D eigenvalue weighted by Gasteiger charge is 2.33. The number of hydrogen-bond donors (Lipinski definition) is 1. The maximum atomic E-state index is 14.2. The van der Waals surface area contributed by atoms with Crippen LogP contribution in [0.1, 0.15) is 5.56 Å². The van der Waals surface area contributed by atoms with Crippen molar-refractivity contribution in [3.63, 3.8) is 0 Å². The van der Waals surface area contributed by atoms with E-state index in [1.807, 2.05) is 6.07 Å². The average Bonchev–Trinajstić information content (AvgIpc) is 2.38. The van der Waals surface area contributed by atoms with Gasteiger partial charge in [0.1, 0.15) is 11.2 Å². The molecule has 1 aliphatic heterocycles. The summed E-state index contributed by atoms with van der Waals surface area (Å²) in [6, 6.07) is 4.87. The first-order chi connectivity index (χ1) is 9.45. The molecule has 1 aliphatic rings. The summed E-state index contributed by atoms with van der Waals surface area (Å²) in [5.74, 6) is 0.921. The summed E-state index contributed by atoms with van der Waals surface area (Å²) in [7, 11) is -1.47. The highest BCUT2D eigenvalue weighted by molar-refractivity contribution is 8.01. The van der Waals surface area contributed by atoms with Gasteiger partial charge in [-0.1, -0.05) is 12.1 Å². The molecular formula is C13H19FN2O2S2. The van der Waals surface area contributed by atoms with Crippen LogP contribution in [-0.4, -0.2) is 45.1 Å². The minimum atomic E-state index is -3.25. The molecule has 112 valence electrons. The fraction of sp³-hybridized carbons (Fsp3) is 0.538. The van der Waals surface area contributed by atoms with E-state index < -0.39 is 15.2 Å². The van der Waals surface area contributed by atoms with Gasteiger partial charge in [0.25, 0.3) is 0 Å². The smallest absolute Gasteiger partial charge is 0.169 e. The van der Waals surface area contributed by atoms with E-state index in [0.29, 0.717) is 24.5 Å². The van der Waals surface area contributed by atoms with Crippen molar-refractivity contribution in [2.75, 3.05) is 36.3 Å². The van der Waals surface area contributed by atoms with Gasteiger partial charge in [0.2, 0.25) is 0 Å². The Morgan fingerprint density at radius 1 is 1.50 bits per heavy atom. The van der Waals surface area contributed by atoms with Crippen LogP contribution in [0.3, 0.4) is 0 Å². The second kappa shape index (κ2) is 6.32. The first-order valence-electron chi connectivity index (χ1n) is 6.40. The van der Waals surface area contributed by atoms with E-state index in [9.17, 15) is 12.8 Å². The summed E-state index contributed by atoms with van der Waals surface area (Å²) in [6.07, 6.45) is 1.22. The van der Waals surface area contributed by atoms with Crippen LogP contribution in [0, 0.1) is 5.82 Å². The molecule has 2 rings (SSSR count). The van der Waals surface area contributed by atoms with Crippen molar-refractivity contribution in [1.29, 1.82) is 0 Å². The lowest BCUT2D eigenvalue weighted by Gasteiger charge is -2.37. The maximum Gasteiger partial charge on any atom is 0.169 e. The molecule has 1 N–H and O–H groups in total. The lowest BCUT2D eigenvalue weighted by Crippen LogP contribution is -2.47. The first kappa shape index (κ1) is 15.6. The summed E-state index contributed by atoms with van der Waals surface area (Å²) < 4.78 is 38.2. The molecule has 20 heavy (non-hydrogen) atoms. The van der Waals surface area contributed by atoms with Crippen LogP contribution in [0.25, 0.3) is 0 Å². The van der Waals surface area contributed by atoms with E-state index in [1.165, 1.54) is 12.3 Å². The fourth-order valence-corrected chi connectivity index (χ4v) is 5.23. The van der Waals surface area contributed by atoms with Gasteiger partial charge in [-0.05, 0) is 18.7 Å². The molecule has 1 aromatic carbocycles. The van der Waals surface area contributed by atoms with Gasteiger partial charge in [0, 0.05) is 30.9 Å². The molecule has 1 heterocycles. The third-order valence-electron chi connectivity index (χ3n) is 3.30. The number of rotatable bonds is 4. The van der Waals surface area contributed by atoms with Crippen molar-refractivity contribution < 1.29 is 12.8 Å². The van der Waals surface area contributed by atoms with Gasteiger partial charge < -0.3 is 10.2 Å². The van der Waals surface area contributed by atoms with Gasteiger partial charge in [-0.15, -0.1) is 0 Å². The summed E-state index contributed by atoms with van der Waals surface area (Å²) in [6.45, 7) is 1.05. The number of sulfone groups is 1. The average molecular weight is 318 g/mol. The summed E-state index contributed by atoms with van der Waals surface area (Å²) in [5, 5.41) is 2.34. The zero-order chi connectivity index (χ0) is 14.8. The molecule has 0 radical (unpaired) electrons. The Hall–Kier alpha value is -0.790. The second-order valence-corrected chi connectivity index (χ2v) is 8.18. The van der Waals surface area contributed by atoms with Crippen LogP contribution < -0.4 is 10.2 Å². The van der Waals surface area contributed by atoms with Crippen LogP contribution in [0.15, 0.2) is 18.2 Å². The Kier molecular flexibility index (Phi) is 4.93. The van der Waals surface area contributed by atoms with Crippen molar-refractivity contribution in [2.45, 2.75) is 11.9 Å². The van der Waals surface area contributed by atoms with Crippen LogP contribution in [0.5, 0.6) is 0 Å². The number of halogens is 1. The van der Waals surface area contributed by atoms with Gasteiger partial charge in [-0.3, -0.25) is 0 Å². The predicted molar refractivity (Wildman–Crippen MR) is 82.5 cm³/mol. The van der Waals surface area contributed by atoms with Crippen molar-refractivity contribution in [1.82, 2.24) is 5.32 Å². The van der Waals surface area contributed by atoms with Gasteiger partial charge >= 0.3 is 0 Å². The molecule has 1 aromatic rings. The van der Waals surface area contributed by atoms with Gasteiger partial charge in [-0.2, -0.15) is 11.8 Å². The lowest BCUT2D eigenvalue weighted by atomic mass is 10.1. The van der Waals surface area contributed by atoms with Crippen LogP contribution in [0.2, 0.25) is 0 Å². The number of benzene rings is 1. The highest BCUT2D eigenvalue weighted by atomic mass is 32.2. The molecule has 0 saturated carbocycles. The minimum absolute atomic E-state index is 0.363. The number of nitrogens with zero attached hydrogens (tertiary/aromatic N) is 1. The number of hydrogen-bond acceptors (Lipinski definition) is 5. The topological polar surface area (TPSA) is 49.4 Å². The Labute approximate surface area is 123 Å². The Morgan fingerprint density at radius 3 is 2.90 bits per heavy atom. The van der Waals surface area contributed by atoms with E-state index in [-0.39, 0.29) is 5.82 Å². The number of nitrogens with one attached hydrogen (secondary N) is 1. The monoisotopic (exact) mass is 318 g/mol. The molecule has 0 amide bonds. The van der Waals surface area contributed by atoms with Gasteiger partial charge in [0.15, 0.2) is 9.84 Å². The Morgan fingerprint density at radius 2 is 2.25 bits per heavy atom. The molecule has 0 aliphatic carbocycles. The predicted octanol–water partition coefficient (Wildman–Crippen LogP) is 1.47. The number of anilines is 1. The summed E-state index contributed by atoms with van der Waals surface area (Å²) >= 11 is 1.59. The van der Waals surface area contributed by atoms with E-state index >= 15 is 0 Å². The number of thioether (sulfide) groups is 1. The lowest BCUT2D eigenvalue weighted by molar-refractivity contribution is 0.577. The Bertz CT molecular complexity index is 578. The molecule has 0 aromatic heterocycles. The largest absolute Gasteiger partial charge is 0.351 e. The zero-order valence-corrected chi connectivity index (χ0v) is 13.2. The molecule has 4 nitrogen and oxygen atoms in total. The highest BCUT2D eigenvalue weighted by Crippen LogP contribution is 2.31. The third-order valence-corrected chi connectivity index (χ3v) is 5.95. The normalized spacial score (nSPS) is 20.1. The fourth-order valence-electron chi connectivity index (χ4n) is 2.41. The van der Waals surface area contributed by atoms with Crippen LogP contribution in [-0.2, 0) is 16.4 Å². The van der Waals surface area contributed by atoms with Gasteiger partial charge in [-0.25, -0.2) is 12.8 Å². The minimum Gasteiger partial charge on any atom is -0.351 e. The van der Waals surface area contributed by atoms with E-state index in [1.54, 1.807) is 29.8 Å². The third kappa shape index (κ3) is 3.27. The second-order valence-electron chi connectivity index (χ2n) is 4.83. The number of para-hydroxylation sites is 1. The molecule has 0 spiro atoms. The van der Waals surface area contributed by atoms with E-state index in [2.05, 4.69) is 5.32 Å². The molecular weight excluding hydrogens is 299 g/mol. The van der Waals surface area contributed by atoms with E-state index in [4.69, 9.17) is 0 Å². The summed E-state index contributed by atoms with van der Waals surface area (Å²) in [4.78, 5) is 1.70. The quantitative estimate of drug-likeness (QED) is 0.911. The molecule has 1 fully saturated rings. The van der Waals surface area contributed by atoms with E-state index in [0.717, 1.165) is 11.3 Å². The van der Waals surface area contributed by atoms with Crippen molar-refractivity contribution in [3.05, 3.63) is 29.6 Å². The molecule has 1 atom stereocenters. The molecule has 0 bridgehead atoms. The Balaban J connectivity index is 2.47. The van der Waals surface area contributed by atoms with Crippen molar-refractivity contribution in [3.8, 4) is 0 Å². The van der Waals surface area contributed by atoms with Gasteiger partial charge in [0.05, 0.1) is 5.69 Å². The van der Waals surface area contributed by atoms with Crippen LogP contribution >= 0.6 is 11.8 Å². The zero-order valence-electron chi connectivity index (χ0n) is 11.6. The standard InChI is InChI=1S/C13H19FN2O2S2/c1-15-8-10-4-3-5-11(14)13(10)16-6-7-19-9-12(16)20(2,17)18/h3-5,12,15H,6-9H2,1-2H3. The summed E-state index contributed by atoms with van der Waals surface area (Å²) in [5.41, 5.74) is 1.20. The van der Waals surface area contributed by atoms with Crippen molar-refractivity contribution in [2.24, 2.45) is 0 Å². The molecule has 1 unspecified atom stereocenters. The van der Waals surface area contributed by atoms with Crippen LogP contribution in [0.4, 0.5) is 10.1 Å². The van der Waals surface area contributed by atoms with Crippen molar-refractivity contribution >= 4 is 27.3 Å². The molecule has 1 saturated heterocycles. The first-order valence-corrected chi connectivity index (χ1v) is 9.51. The molecule has 7 heteroatoms. The maximum absolute atomic E-state index is 14.2.